The van der Waals surface area contributed by atoms with Crippen molar-refractivity contribution < 1.29 is 22.7 Å². The highest BCUT2D eigenvalue weighted by Crippen LogP contribution is 2.36. The molecule has 1 atom stereocenters. The van der Waals surface area contributed by atoms with Gasteiger partial charge >= 0.3 is 12.3 Å². The summed E-state index contributed by atoms with van der Waals surface area (Å²) in [5.41, 5.74) is 3.00. The van der Waals surface area contributed by atoms with Gasteiger partial charge in [-0.25, -0.2) is 4.79 Å². The normalized spacial score (nSPS) is 15.0. The molecule has 1 unspecified atom stereocenters. The molecule has 1 amide bonds. The van der Waals surface area contributed by atoms with Crippen molar-refractivity contribution >= 4 is 6.09 Å². The summed E-state index contributed by atoms with van der Waals surface area (Å²) in [5, 5.41) is 2.48. The maximum Gasteiger partial charge on any atom is 0.418 e. The first kappa shape index (κ1) is 19.2. The van der Waals surface area contributed by atoms with Crippen molar-refractivity contribution in [2.75, 3.05) is 13.1 Å². The molecule has 3 N–H and O–H groups in total. The van der Waals surface area contributed by atoms with Gasteiger partial charge in [-0.05, 0) is 32.4 Å². The molecule has 0 aromatic carbocycles. The van der Waals surface area contributed by atoms with E-state index in [2.05, 4.69) is 10.3 Å². The predicted octanol–water partition coefficient (Wildman–Crippen LogP) is 2.84. The molecule has 8 heteroatoms. The van der Waals surface area contributed by atoms with Crippen LogP contribution in [-0.4, -0.2) is 29.8 Å². The maximum atomic E-state index is 13.1. The molecule has 1 aromatic rings. The first-order valence-electron chi connectivity index (χ1n) is 7.08. The van der Waals surface area contributed by atoms with Crippen LogP contribution < -0.4 is 11.1 Å². The van der Waals surface area contributed by atoms with Gasteiger partial charge in [-0.15, -0.1) is 0 Å². The van der Waals surface area contributed by atoms with E-state index in [4.69, 9.17) is 10.5 Å². The van der Waals surface area contributed by atoms with Crippen molar-refractivity contribution in [1.82, 2.24) is 10.3 Å². The molecule has 1 rings (SSSR count). The molecule has 0 aliphatic carbocycles. The summed E-state index contributed by atoms with van der Waals surface area (Å²) in [6.07, 6.45) is -3.23. The van der Waals surface area contributed by atoms with Gasteiger partial charge in [0.2, 0.25) is 0 Å². The molecule has 0 spiro atoms. The number of nitrogens with zero attached hydrogens (tertiary/aromatic N) is 1. The Morgan fingerprint density at radius 2 is 1.87 bits per heavy atom. The van der Waals surface area contributed by atoms with E-state index in [1.807, 2.05) is 0 Å². The number of hydrogen-bond donors (Lipinski definition) is 2. The Hall–Kier alpha value is -1.83. The van der Waals surface area contributed by atoms with Crippen molar-refractivity contribution in [3.05, 3.63) is 29.6 Å². The third-order valence-electron chi connectivity index (χ3n) is 3.25. The summed E-state index contributed by atoms with van der Waals surface area (Å²) in [6.45, 7) is 6.45. The Balaban J connectivity index is 3.01. The lowest BCUT2D eigenvalue weighted by Gasteiger charge is -2.31. The number of hydrogen-bond acceptors (Lipinski definition) is 4. The highest BCUT2D eigenvalue weighted by molar-refractivity contribution is 5.67. The quantitative estimate of drug-likeness (QED) is 0.888. The lowest BCUT2D eigenvalue weighted by Crippen LogP contribution is -2.46. The van der Waals surface area contributed by atoms with E-state index in [-0.39, 0.29) is 18.7 Å². The third-order valence-corrected chi connectivity index (χ3v) is 3.25. The SMILES string of the molecule is CC(C)(C)OC(=O)NCC(C)(CN)c1ccncc1C(F)(F)F. The van der Waals surface area contributed by atoms with Crippen LogP contribution in [0.5, 0.6) is 0 Å². The maximum absolute atomic E-state index is 13.1. The number of ether oxygens (including phenoxy) is 1. The fourth-order valence-electron chi connectivity index (χ4n) is 2.01. The zero-order valence-electron chi connectivity index (χ0n) is 13.6. The molecule has 0 aliphatic rings. The van der Waals surface area contributed by atoms with Crippen LogP contribution in [0.2, 0.25) is 0 Å². The molecule has 0 aliphatic heterocycles. The Morgan fingerprint density at radius 1 is 1.26 bits per heavy atom. The Morgan fingerprint density at radius 3 is 2.35 bits per heavy atom. The number of pyridine rings is 1. The summed E-state index contributed by atoms with van der Waals surface area (Å²) >= 11 is 0. The molecular formula is C15H22F3N3O2. The molecule has 5 nitrogen and oxygen atoms in total. The van der Waals surface area contributed by atoms with Crippen LogP contribution in [0.3, 0.4) is 0 Å². The van der Waals surface area contributed by atoms with Gasteiger partial charge < -0.3 is 15.8 Å². The van der Waals surface area contributed by atoms with Crippen LogP contribution >= 0.6 is 0 Å². The smallest absolute Gasteiger partial charge is 0.418 e. The minimum Gasteiger partial charge on any atom is -0.444 e. The predicted molar refractivity (Wildman–Crippen MR) is 79.9 cm³/mol. The van der Waals surface area contributed by atoms with Crippen molar-refractivity contribution in [3.63, 3.8) is 0 Å². The molecule has 1 aromatic heterocycles. The number of carbonyl (C=O) groups is 1. The fourth-order valence-corrected chi connectivity index (χ4v) is 2.01. The number of carbonyl (C=O) groups excluding carboxylic acids is 1. The lowest BCUT2D eigenvalue weighted by molar-refractivity contribution is -0.139. The number of alkyl halides is 3. The molecule has 130 valence electrons. The minimum atomic E-state index is -4.55. The molecular weight excluding hydrogens is 311 g/mol. The van der Waals surface area contributed by atoms with Gasteiger partial charge in [0.05, 0.1) is 5.56 Å². The second-order valence-electron chi connectivity index (χ2n) is 6.54. The number of rotatable bonds is 4. The standard InChI is InChI=1S/C15H22F3N3O2/c1-13(2,3)23-12(22)21-9-14(4,8-19)10-5-6-20-7-11(10)15(16,17)18/h5-7H,8-9,19H2,1-4H3,(H,21,22). The number of nitrogens with two attached hydrogens (primary N) is 1. The number of nitrogens with one attached hydrogen (secondary N) is 1. The molecule has 0 saturated heterocycles. The highest BCUT2D eigenvalue weighted by atomic mass is 19.4. The van der Waals surface area contributed by atoms with E-state index in [9.17, 15) is 18.0 Å². The number of alkyl carbamates (subject to hydrolysis) is 1. The minimum absolute atomic E-state index is 0.0152. The van der Waals surface area contributed by atoms with Gasteiger partial charge in [0.15, 0.2) is 0 Å². The summed E-state index contributed by atoms with van der Waals surface area (Å²) < 4.78 is 44.5. The Bertz CT molecular complexity index is 556. The zero-order chi connectivity index (χ0) is 17.9. The van der Waals surface area contributed by atoms with Crippen molar-refractivity contribution in [2.45, 2.75) is 44.9 Å². The topological polar surface area (TPSA) is 77.2 Å². The van der Waals surface area contributed by atoms with Crippen LogP contribution in [0, 0.1) is 0 Å². The molecule has 0 fully saturated rings. The van der Waals surface area contributed by atoms with Crippen LogP contribution in [0.1, 0.15) is 38.8 Å². The average Bonchev–Trinajstić information content (AvgIpc) is 2.42. The average molecular weight is 333 g/mol. The van der Waals surface area contributed by atoms with Gasteiger partial charge in [0.1, 0.15) is 5.60 Å². The van der Waals surface area contributed by atoms with Gasteiger partial charge in [-0.2, -0.15) is 13.2 Å². The fraction of sp³-hybridized carbons (Fsp3) is 0.600. The van der Waals surface area contributed by atoms with Crippen LogP contribution in [0.25, 0.3) is 0 Å². The van der Waals surface area contributed by atoms with Crippen LogP contribution in [-0.2, 0) is 16.3 Å². The lowest BCUT2D eigenvalue weighted by atomic mass is 9.80. The largest absolute Gasteiger partial charge is 0.444 e. The number of amides is 1. The summed E-state index contributed by atoms with van der Waals surface area (Å²) in [4.78, 5) is 15.3. The van der Waals surface area contributed by atoms with Gasteiger partial charge in [-0.3, -0.25) is 4.98 Å². The van der Waals surface area contributed by atoms with E-state index < -0.39 is 28.8 Å². The molecule has 0 saturated carbocycles. The van der Waals surface area contributed by atoms with E-state index in [1.165, 1.54) is 12.3 Å². The van der Waals surface area contributed by atoms with Crippen LogP contribution in [0.15, 0.2) is 18.5 Å². The Labute approximate surface area is 133 Å². The number of aromatic nitrogens is 1. The molecule has 0 radical (unpaired) electrons. The second-order valence-corrected chi connectivity index (χ2v) is 6.54. The van der Waals surface area contributed by atoms with E-state index in [1.54, 1.807) is 27.7 Å². The van der Waals surface area contributed by atoms with Crippen molar-refractivity contribution in [3.8, 4) is 0 Å². The van der Waals surface area contributed by atoms with Crippen LogP contribution in [0.4, 0.5) is 18.0 Å². The summed E-state index contributed by atoms with van der Waals surface area (Å²) in [6, 6.07) is 1.27. The van der Waals surface area contributed by atoms with Crippen molar-refractivity contribution in [2.24, 2.45) is 5.73 Å². The monoisotopic (exact) mass is 333 g/mol. The summed E-state index contributed by atoms with van der Waals surface area (Å²) in [7, 11) is 0. The van der Waals surface area contributed by atoms with E-state index in [0.29, 0.717) is 0 Å². The first-order chi connectivity index (χ1) is 10.4. The second kappa shape index (κ2) is 6.74. The van der Waals surface area contributed by atoms with Gasteiger partial charge in [0, 0.05) is 30.9 Å². The molecule has 1 heterocycles. The number of halogens is 3. The van der Waals surface area contributed by atoms with Gasteiger partial charge in [0.25, 0.3) is 0 Å². The van der Waals surface area contributed by atoms with E-state index >= 15 is 0 Å². The first-order valence-corrected chi connectivity index (χ1v) is 7.08. The molecule has 0 bridgehead atoms. The van der Waals surface area contributed by atoms with E-state index in [0.717, 1.165) is 6.20 Å². The highest BCUT2D eigenvalue weighted by Gasteiger charge is 2.39. The zero-order valence-corrected chi connectivity index (χ0v) is 13.6. The summed E-state index contributed by atoms with van der Waals surface area (Å²) in [5.74, 6) is 0. The Kier molecular flexibility index (Phi) is 5.63. The van der Waals surface area contributed by atoms with Crippen molar-refractivity contribution in [1.29, 1.82) is 0 Å². The molecule has 23 heavy (non-hydrogen) atoms. The third kappa shape index (κ3) is 5.38. The van der Waals surface area contributed by atoms with Gasteiger partial charge in [-0.1, -0.05) is 6.92 Å².